The Kier molecular flexibility index (Phi) is 8.92. The molecule has 0 saturated carbocycles. The van der Waals surface area contributed by atoms with Crippen LogP contribution in [0.4, 0.5) is 36.4 Å². The summed E-state index contributed by atoms with van der Waals surface area (Å²) in [5.74, 6) is 1.87. The van der Waals surface area contributed by atoms with E-state index in [4.69, 9.17) is 0 Å². The molecular formula is C26H33F3N6. The van der Waals surface area contributed by atoms with Crippen molar-refractivity contribution in [2.75, 3.05) is 55.4 Å². The minimum absolute atomic E-state index is 0.532. The molecule has 2 heterocycles. The Morgan fingerprint density at radius 3 is 2.09 bits per heavy atom. The van der Waals surface area contributed by atoms with Gasteiger partial charge >= 0.3 is 6.18 Å². The molecule has 1 fully saturated rings. The van der Waals surface area contributed by atoms with Crippen molar-refractivity contribution < 1.29 is 13.2 Å². The molecule has 3 aromatic rings. The van der Waals surface area contributed by atoms with Crippen molar-refractivity contribution >= 4 is 23.3 Å². The van der Waals surface area contributed by atoms with Gasteiger partial charge in [-0.2, -0.15) is 23.1 Å². The van der Waals surface area contributed by atoms with Crippen LogP contribution >= 0.6 is 0 Å². The van der Waals surface area contributed by atoms with Gasteiger partial charge in [0.1, 0.15) is 11.6 Å². The monoisotopic (exact) mass is 486 g/mol. The first-order valence-electron chi connectivity index (χ1n) is 11.8. The average Bonchev–Trinajstić information content (AvgIpc) is 2.86. The number of nitrogens with zero attached hydrogens (tertiary/aromatic N) is 5. The minimum Gasteiger partial charge on any atom is -0.363 e. The lowest BCUT2D eigenvalue weighted by molar-refractivity contribution is -0.137. The zero-order valence-electron chi connectivity index (χ0n) is 20.7. The Morgan fingerprint density at radius 2 is 1.51 bits per heavy atom. The van der Waals surface area contributed by atoms with Crippen LogP contribution in [0.15, 0.2) is 60.7 Å². The number of hydrogen-bond donors (Lipinski definition) is 1. The molecule has 0 amide bonds. The van der Waals surface area contributed by atoms with E-state index in [2.05, 4.69) is 49.4 Å². The third kappa shape index (κ3) is 7.32. The fourth-order valence-corrected chi connectivity index (χ4v) is 3.69. The van der Waals surface area contributed by atoms with Crippen molar-refractivity contribution in [1.82, 2.24) is 14.9 Å². The quantitative estimate of drug-likeness (QED) is 0.486. The van der Waals surface area contributed by atoms with Gasteiger partial charge in [-0.3, -0.25) is 4.90 Å². The van der Waals surface area contributed by atoms with Gasteiger partial charge in [-0.15, -0.1) is 0 Å². The molecule has 0 spiro atoms. The third-order valence-corrected chi connectivity index (χ3v) is 5.55. The van der Waals surface area contributed by atoms with Crippen LogP contribution in [0.1, 0.15) is 25.0 Å². The maximum absolute atomic E-state index is 12.8. The molecule has 2 aromatic carbocycles. The van der Waals surface area contributed by atoms with Crippen LogP contribution in [-0.2, 0) is 12.7 Å². The van der Waals surface area contributed by atoms with Gasteiger partial charge in [0.2, 0.25) is 5.95 Å². The highest BCUT2D eigenvalue weighted by Gasteiger charge is 2.30. The van der Waals surface area contributed by atoms with Crippen molar-refractivity contribution in [2.45, 2.75) is 26.6 Å². The normalized spacial score (nSPS) is 14.2. The molecule has 0 aliphatic carbocycles. The first kappa shape index (κ1) is 26.3. The number of rotatable bonds is 6. The molecule has 1 aliphatic rings. The molecule has 4 rings (SSSR count). The second-order valence-corrected chi connectivity index (χ2v) is 8.25. The molecule has 1 aliphatic heterocycles. The van der Waals surface area contributed by atoms with E-state index in [1.807, 2.05) is 38.9 Å². The highest BCUT2D eigenvalue weighted by Crippen LogP contribution is 2.30. The number of nitrogens with one attached hydrogen (secondary N) is 1. The Hall–Kier alpha value is -3.33. The van der Waals surface area contributed by atoms with Crippen molar-refractivity contribution in [1.29, 1.82) is 0 Å². The molecule has 9 heteroatoms. The van der Waals surface area contributed by atoms with E-state index in [-0.39, 0.29) is 0 Å². The summed E-state index contributed by atoms with van der Waals surface area (Å²) in [6.07, 6.45) is -4.36. The van der Waals surface area contributed by atoms with E-state index in [1.54, 1.807) is 6.07 Å². The topological polar surface area (TPSA) is 47.5 Å². The summed E-state index contributed by atoms with van der Waals surface area (Å²) in [4.78, 5) is 15.8. The van der Waals surface area contributed by atoms with Crippen LogP contribution in [0.5, 0.6) is 0 Å². The molecule has 1 aromatic heterocycles. The fraction of sp³-hybridized carbons (Fsp3) is 0.385. The summed E-state index contributed by atoms with van der Waals surface area (Å²) >= 11 is 0. The first-order chi connectivity index (χ1) is 16.8. The summed E-state index contributed by atoms with van der Waals surface area (Å²) in [6, 6.07) is 17.1. The van der Waals surface area contributed by atoms with Crippen LogP contribution in [0.3, 0.4) is 0 Å². The average molecular weight is 487 g/mol. The zero-order chi connectivity index (χ0) is 25.4. The summed E-state index contributed by atoms with van der Waals surface area (Å²) < 4.78 is 38.5. The van der Waals surface area contributed by atoms with Crippen LogP contribution in [-0.4, -0.2) is 55.1 Å². The van der Waals surface area contributed by atoms with Gasteiger partial charge in [-0.1, -0.05) is 44.2 Å². The number of piperazine rings is 1. The van der Waals surface area contributed by atoms with E-state index in [0.29, 0.717) is 17.5 Å². The number of alkyl halides is 3. The third-order valence-electron chi connectivity index (χ3n) is 5.55. The predicted octanol–water partition coefficient (Wildman–Crippen LogP) is 5.65. The van der Waals surface area contributed by atoms with Crippen molar-refractivity contribution in [2.24, 2.45) is 0 Å². The molecular weight excluding hydrogens is 453 g/mol. The van der Waals surface area contributed by atoms with Crippen molar-refractivity contribution in [3.05, 3.63) is 71.8 Å². The van der Waals surface area contributed by atoms with E-state index < -0.39 is 11.7 Å². The molecule has 6 nitrogen and oxygen atoms in total. The molecule has 35 heavy (non-hydrogen) atoms. The summed E-state index contributed by atoms with van der Waals surface area (Å²) in [6.45, 7) is 8.29. The highest BCUT2D eigenvalue weighted by atomic mass is 19.4. The largest absolute Gasteiger partial charge is 0.416 e. The Morgan fingerprint density at radius 1 is 0.886 bits per heavy atom. The maximum Gasteiger partial charge on any atom is 0.416 e. The van der Waals surface area contributed by atoms with E-state index in [1.165, 1.54) is 17.7 Å². The number of aromatic nitrogens is 2. The zero-order valence-corrected chi connectivity index (χ0v) is 20.7. The van der Waals surface area contributed by atoms with E-state index in [0.717, 1.165) is 50.7 Å². The number of anilines is 4. The lowest BCUT2D eigenvalue weighted by atomic mass is 10.2. The van der Waals surface area contributed by atoms with Gasteiger partial charge < -0.3 is 15.1 Å². The molecule has 1 saturated heterocycles. The SMILES string of the molecule is CC.CN(C)c1cc(Nc2ccc(C(F)(F)F)cc2)nc(N2CCN(Cc3ccccc3)CC2)n1. The lowest BCUT2D eigenvalue weighted by Crippen LogP contribution is -2.46. The molecule has 0 bridgehead atoms. The van der Waals surface area contributed by atoms with Gasteiger partial charge in [-0.05, 0) is 29.8 Å². The van der Waals surface area contributed by atoms with Crippen molar-refractivity contribution in [3.8, 4) is 0 Å². The minimum atomic E-state index is -4.36. The van der Waals surface area contributed by atoms with Gasteiger partial charge in [0, 0.05) is 58.6 Å². The molecule has 0 atom stereocenters. The highest BCUT2D eigenvalue weighted by molar-refractivity contribution is 5.62. The number of benzene rings is 2. The number of hydrogen-bond acceptors (Lipinski definition) is 6. The summed E-state index contributed by atoms with van der Waals surface area (Å²) in [7, 11) is 3.79. The summed E-state index contributed by atoms with van der Waals surface area (Å²) in [5, 5.41) is 3.12. The Labute approximate surface area is 205 Å². The second kappa shape index (κ2) is 11.9. The fourth-order valence-electron chi connectivity index (χ4n) is 3.69. The van der Waals surface area contributed by atoms with Gasteiger partial charge in [0.15, 0.2) is 0 Å². The Balaban J connectivity index is 0.00000167. The van der Waals surface area contributed by atoms with E-state index in [9.17, 15) is 13.2 Å². The predicted molar refractivity (Wildman–Crippen MR) is 136 cm³/mol. The summed E-state index contributed by atoms with van der Waals surface area (Å²) in [5.41, 5.74) is 1.14. The second-order valence-electron chi connectivity index (χ2n) is 8.25. The standard InChI is InChI=1S/C24H27F3N6.C2H6/c1-31(2)22-16-21(28-20-10-8-19(9-11-20)24(25,26)27)29-23(30-22)33-14-12-32(13-15-33)17-18-6-4-3-5-7-18;1-2/h3-11,16H,12-15,17H2,1-2H3,(H,28,29,30);1-2H3. The molecule has 188 valence electrons. The maximum atomic E-state index is 12.8. The molecule has 0 radical (unpaired) electrons. The first-order valence-corrected chi connectivity index (χ1v) is 11.8. The van der Waals surface area contributed by atoms with Crippen LogP contribution < -0.4 is 15.1 Å². The van der Waals surface area contributed by atoms with Gasteiger partial charge in [0.25, 0.3) is 0 Å². The smallest absolute Gasteiger partial charge is 0.363 e. The van der Waals surface area contributed by atoms with Crippen molar-refractivity contribution in [3.63, 3.8) is 0 Å². The number of halogens is 3. The van der Waals surface area contributed by atoms with Crippen LogP contribution in [0, 0.1) is 0 Å². The Bertz CT molecular complexity index is 1050. The molecule has 1 N–H and O–H groups in total. The van der Waals surface area contributed by atoms with Crippen LogP contribution in [0.25, 0.3) is 0 Å². The van der Waals surface area contributed by atoms with Crippen LogP contribution in [0.2, 0.25) is 0 Å². The lowest BCUT2D eigenvalue weighted by Gasteiger charge is -2.35. The van der Waals surface area contributed by atoms with Gasteiger partial charge in [-0.25, -0.2) is 0 Å². The molecule has 0 unspecified atom stereocenters. The van der Waals surface area contributed by atoms with Gasteiger partial charge in [0.05, 0.1) is 5.56 Å². The van der Waals surface area contributed by atoms with E-state index >= 15 is 0 Å².